The topological polar surface area (TPSA) is 63.6 Å². The molecule has 0 radical (unpaired) electrons. The van der Waals surface area contributed by atoms with Gasteiger partial charge >= 0.3 is 11.9 Å². The quantitative estimate of drug-likeness (QED) is 0.788. The molecule has 0 amide bonds. The second kappa shape index (κ2) is 4.31. The number of ether oxygens (including phenoxy) is 1. The fourth-order valence-electron chi connectivity index (χ4n) is 1.14. The zero-order valence-corrected chi connectivity index (χ0v) is 8.96. The van der Waals surface area contributed by atoms with Crippen molar-refractivity contribution in [1.82, 2.24) is 0 Å². The molecule has 0 saturated carbocycles. The van der Waals surface area contributed by atoms with Crippen molar-refractivity contribution in [2.75, 3.05) is 7.11 Å². The second-order valence-corrected chi connectivity index (χ2v) is 3.35. The smallest absolute Gasteiger partial charge is 0.338 e. The minimum atomic E-state index is -1.19. The highest BCUT2D eigenvalue weighted by Crippen LogP contribution is 2.21. The average Bonchev–Trinajstić information content (AvgIpc) is 2.20. The molecule has 0 spiro atoms. The van der Waals surface area contributed by atoms with Crippen LogP contribution < -0.4 is 0 Å². The first-order valence-corrected chi connectivity index (χ1v) is 4.47. The normalized spacial score (nSPS) is 9.80. The number of aromatic carboxylic acids is 1. The van der Waals surface area contributed by atoms with Gasteiger partial charge in [0.1, 0.15) is 0 Å². The molecule has 0 heterocycles. The van der Waals surface area contributed by atoms with Crippen LogP contribution in [0.5, 0.6) is 0 Å². The molecule has 15 heavy (non-hydrogen) atoms. The lowest BCUT2D eigenvalue weighted by Crippen LogP contribution is -2.10. The van der Waals surface area contributed by atoms with E-state index in [-0.39, 0.29) is 11.1 Å². The Balaban J connectivity index is 3.41. The number of methoxy groups -OCH3 is 1. The van der Waals surface area contributed by atoms with Crippen LogP contribution in [0.25, 0.3) is 0 Å². The highest BCUT2D eigenvalue weighted by molar-refractivity contribution is 6.32. The molecule has 1 aromatic carbocycles. The van der Waals surface area contributed by atoms with Gasteiger partial charge in [-0.1, -0.05) is 11.6 Å². The first kappa shape index (κ1) is 11.5. The third-order valence-corrected chi connectivity index (χ3v) is 2.34. The van der Waals surface area contributed by atoms with Crippen LogP contribution >= 0.6 is 11.6 Å². The standard InChI is InChI=1S/C10H9ClO4/c1-5-3-6(9(12)13)7(4-8(5)11)10(14)15-2/h3-4H,1-2H3,(H,12,13). The first-order chi connectivity index (χ1) is 6.97. The van der Waals surface area contributed by atoms with E-state index in [1.807, 2.05) is 0 Å². The van der Waals surface area contributed by atoms with Crippen LogP contribution in [0.2, 0.25) is 5.02 Å². The summed E-state index contributed by atoms with van der Waals surface area (Å²) >= 11 is 5.79. The van der Waals surface area contributed by atoms with Crippen LogP contribution in [0.1, 0.15) is 26.3 Å². The molecular formula is C10H9ClO4. The average molecular weight is 229 g/mol. The Hall–Kier alpha value is -1.55. The van der Waals surface area contributed by atoms with Gasteiger partial charge in [0.25, 0.3) is 0 Å². The molecule has 1 aromatic rings. The fourth-order valence-corrected chi connectivity index (χ4v) is 1.30. The van der Waals surface area contributed by atoms with Gasteiger partial charge in [-0.2, -0.15) is 0 Å². The third kappa shape index (κ3) is 2.27. The van der Waals surface area contributed by atoms with Crippen molar-refractivity contribution < 1.29 is 19.4 Å². The number of rotatable bonds is 2. The van der Waals surface area contributed by atoms with Gasteiger partial charge in [0.2, 0.25) is 0 Å². The van der Waals surface area contributed by atoms with Gasteiger partial charge in [0, 0.05) is 5.02 Å². The van der Waals surface area contributed by atoms with Crippen molar-refractivity contribution in [3.63, 3.8) is 0 Å². The summed E-state index contributed by atoms with van der Waals surface area (Å²) in [6.07, 6.45) is 0. The number of carboxylic acids is 1. The van der Waals surface area contributed by atoms with Crippen molar-refractivity contribution >= 4 is 23.5 Å². The number of hydrogen-bond acceptors (Lipinski definition) is 3. The summed E-state index contributed by atoms with van der Waals surface area (Å²) in [5.74, 6) is -1.90. The highest BCUT2D eigenvalue weighted by Gasteiger charge is 2.18. The van der Waals surface area contributed by atoms with Gasteiger partial charge in [-0.15, -0.1) is 0 Å². The number of aryl methyl sites for hydroxylation is 1. The number of esters is 1. The second-order valence-electron chi connectivity index (χ2n) is 2.94. The van der Waals surface area contributed by atoms with E-state index in [2.05, 4.69) is 4.74 Å². The van der Waals surface area contributed by atoms with Crippen LogP contribution in [0.15, 0.2) is 12.1 Å². The van der Waals surface area contributed by atoms with Crippen molar-refractivity contribution in [1.29, 1.82) is 0 Å². The number of carbonyl (C=O) groups excluding carboxylic acids is 1. The van der Waals surface area contributed by atoms with Gasteiger partial charge in [-0.05, 0) is 24.6 Å². The lowest BCUT2D eigenvalue weighted by Gasteiger charge is -2.06. The van der Waals surface area contributed by atoms with Gasteiger partial charge in [0.05, 0.1) is 18.2 Å². The minimum absolute atomic E-state index is 0.0411. The van der Waals surface area contributed by atoms with Gasteiger partial charge in [0.15, 0.2) is 0 Å². The third-order valence-electron chi connectivity index (χ3n) is 1.93. The summed E-state index contributed by atoms with van der Waals surface area (Å²) < 4.78 is 4.46. The first-order valence-electron chi connectivity index (χ1n) is 4.09. The summed E-state index contributed by atoms with van der Waals surface area (Å²) in [6.45, 7) is 1.66. The van der Waals surface area contributed by atoms with E-state index >= 15 is 0 Å². The van der Waals surface area contributed by atoms with E-state index in [4.69, 9.17) is 16.7 Å². The lowest BCUT2D eigenvalue weighted by molar-refractivity contribution is 0.0582. The summed E-state index contributed by atoms with van der Waals surface area (Å²) in [6, 6.07) is 2.64. The molecule has 4 nitrogen and oxygen atoms in total. The van der Waals surface area contributed by atoms with Crippen molar-refractivity contribution in [2.45, 2.75) is 6.92 Å². The lowest BCUT2D eigenvalue weighted by atomic mass is 10.0. The maximum Gasteiger partial charge on any atom is 0.338 e. The fraction of sp³-hybridized carbons (Fsp3) is 0.200. The molecule has 5 heteroatoms. The number of carboxylic acid groups (broad SMARTS) is 1. The van der Waals surface area contributed by atoms with Crippen molar-refractivity contribution in [3.8, 4) is 0 Å². The van der Waals surface area contributed by atoms with E-state index in [9.17, 15) is 9.59 Å². The van der Waals surface area contributed by atoms with Crippen LogP contribution in [0.3, 0.4) is 0 Å². The van der Waals surface area contributed by atoms with Crippen molar-refractivity contribution in [2.24, 2.45) is 0 Å². The van der Waals surface area contributed by atoms with E-state index in [1.165, 1.54) is 19.2 Å². The summed E-state index contributed by atoms with van der Waals surface area (Å²) in [7, 11) is 1.18. The molecule has 0 fully saturated rings. The molecule has 0 atom stereocenters. The molecule has 0 saturated heterocycles. The van der Waals surface area contributed by atoms with E-state index in [1.54, 1.807) is 6.92 Å². The number of halogens is 1. The largest absolute Gasteiger partial charge is 0.478 e. The molecule has 0 bridgehead atoms. The molecule has 0 aliphatic rings. The Kier molecular flexibility index (Phi) is 3.31. The molecule has 0 aromatic heterocycles. The molecule has 1 rings (SSSR count). The monoisotopic (exact) mass is 228 g/mol. The Bertz CT molecular complexity index is 426. The van der Waals surface area contributed by atoms with Crippen LogP contribution in [-0.2, 0) is 4.74 Å². The van der Waals surface area contributed by atoms with Gasteiger partial charge in [-0.25, -0.2) is 9.59 Å². The predicted molar refractivity (Wildman–Crippen MR) is 54.5 cm³/mol. The number of benzene rings is 1. The zero-order valence-electron chi connectivity index (χ0n) is 8.20. The number of carbonyl (C=O) groups is 2. The van der Waals surface area contributed by atoms with Crippen LogP contribution in [-0.4, -0.2) is 24.2 Å². The van der Waals surface area contributed by atoms with Crippen LogP contribution in [0, 0.1) is 6.92 Å². The summed E-state index contributed by atoms with van der Waals surface area (Å²) in [5, 5.41) is 9.21. The van der Waals surface area contributed by atoms with E-state index < -0.39 is 11.9 Å². The predicted octanol–water partition coefficient (Wildman–Crippen LogP) is 2.13. The molecular weight excluding hydrogens is 220 g/mol. The van der Waals surface area contributed by atoms with Crippen LogP contribution in [0.4, 0.5) is 0 Å². The molecule has 1 N–H and O–H groups in total. The Morgan fingerprint density at radius 1 is 1.33 bits per heavy atom. The van der Waals surface area contributed by atoms with Gasteiger partial charge in [-0.3, -0.25) is 0 Å². The van der Waals surface area contributed by atoms with Gasteiger partial charge < -0.3 is 9.84 Å². The summed E-state index contributed by atoms with van der Waals surface area (Å²) in [4.78, 5) is 22.1. The van der Waals surface area contributed by atoms with E-state index in [0.29, 0.717) is 10.6 Å². The highest BCUT2D eigenvalue weighted by atomic mass is 35.5. The Morgan fingerprint density at radius 2 is 1.93 bits per heavy atom. The zero-order chi connectivity index (χ0) is 11.6. The minimum Gasteiger partial charge on any atom is -0.478 e. The molecule has 80 valence electrons. The Morgan fingerprint density at radius 3 is 2.40 bits per heavy atom. The SMILES string of the molecule is COC(=O)c1cc(Cl)c(C)cc1C(=O)O. The maximum absolute atomic E-state index is 11.3. The molecule has 0 aliphatic heterocycles. The molecule has 0 aliphatic carbocycles. The van der Waals surface area contributed by atoms with Crippen molar-refractivity contribution in [3.05, 3.63) is 33.8 Å². The summed E-state index contributed by atoms with van der Waals surface area (Å²) in [5.41, 5.74) is 0.450. The Labute approximate surface area is 91.4 Å². The molecule has 0 unspecified atom stereocenters. The van der Waals surface area contributed by atoms with E-state index in [0.717, 1.165) is 0 Å². The maximum atomic E-state index is 11.3. The number of hydrogen-bond donors (Lipinski definition) is 1.